The second kappa shape index (κ2) is 26.8. The largest absolute Gasteiger partial charge is 0.481 e. The fraction of sp³-hybridized carbons (Fsp3) is 0.767. The average Bonchev–Trinajstić information content (AvgIpc) is 3.21. The number of carboxylic acids is 3. The van der Waals surface area contributed by atoms with Gasteiger partial charge in [0.05, 0.1) is 55.4 Å². The molecule has 21 heteroatoms. The molecule has 364 valence electrons. The highest BCUT2D eigenvalue weighted by Gasteiger charge is 2.40. The third-order valence-corrected chi connectivity index (χ3v) is 11.2. The number of aldehydes is 1. The van der Waals surface area contributed by atoms with Crippen LogP contribution >= 0.6 is 0 Å². The minimum Gasteiger partial charge on any atom is -0.481 e. The topological polar surface area (TPSA) is 322 Å². The van der Waals surface area contributed by atoms with Crippen LogP contribution in [0.25, 0.3) is 0 Å². The van der Waals surface area contributed by atoms with E-state index in [9.17, 15) is 63.3 Å². The van der Waals surface area contributed by atoms with Gasteiger partial charge in [0.1, 0.15) is 18.9 Å². The van der Waals surface area contributed by atoms with Crippen LogP contribution in [0.1, 0.15) is 113 Å². The summed E-state index contributed by atoms with van der Waals surface area (Å²) in [5.41, 5.74) is -4.34. The molecule has 2 unspecified atom stereocenters. The summed E-state index contributed by atoms with van der Waals surface area (Å²) < 4.78 is 10.9. The minimum atomic E-state index is -1.41. The average molecular weight is 913 g/mol. The van der Waals surface area contributed by atoms with Gasteiger partial charge in [0.2, 0.25) is 23.6 Å². The predicted molar refractivity (Wildman–Crippen MR) is 231 cm³/mol. The molecule has 0 bridgehead atoms. The zero-order valence-corrected chi connectivity index (χ0v) is 38.6. The number of hydrogen-bond acceptors (Lipinski definition) is 14. The molecule has 0 aromatic rings. The van der Waals surface area contributed by atoms with Gasteiger partial charge in [-0.05, 0) is 92.4 Å². The molecule has 21 nitrogen and oxygen atoms in total. The summed E-state index contributed by atoms with van der Waals surface area (Å²) in [6, 6.07) is -2.64. The maximum Gasteiger partial charge on any atom is 0.326 e. The number of amides is 4. The Kier molecular flexibility index (Phi) is 23.9. The van der Waals surface area contributed by atoms with Crippen LogP contribution in [0, 0.1) is 22.7 Å². The SMILES string of the molecule is CC(C)(CC(C)(C)C(=O)NCC1CCC(C(=O)NC(CCC(=O)NC(CCC(=O)O)C(=O)C(C)(C)NCCOCCOCC(=O)C(C)(C)NCC(=O)NCC=O)C(=O)O)CC1)C(=O)O. The van der Waals surface area contributed by atoms with E-state index in [0.29, 0.717) is 38.5 Å². The van der Waals surface area contributed by atoms with E-state index in [2.05, 4.69) is 31.9 Å². The Balaban J connectivity index is 2.59. The number of carbonyl (C=O) groups excluding carboxylic acids is 7. The zero-order chi connectivity index (χ0) is 48.9. The fourth-order valence-electron chi connectivity index (χ4n) is 7.13. The molecule has 1 saturated carbocycles. The van der Waals surface area contributed by atoms with E-state index in [0.717, 1.165) is 0 Å². The summed E-state index contributed by atoms with van der Waals surface area (Å²) >= 11 is 0. The van der Waals surface area contributed by atoms with E-state index in [1.54, 1.807) is 55.4 Å². The maximum absolute atomic E-state index is 13.6. The molecule has 0 saturated heterocycles. The summed E-state index contributed by atoms with van der Waals surface area (Å²) in [6.45, 7) is 13.1. The quantitative estimate of drug-likeness (QED) is 0.0317. The van der Waals surface area contributed by atoms with Crippen LogP contribution in [0.3, 0.4) is 0 Å². The van der Waals surface area contributed by atoms with Crippen molar-refractivity contribution in [2.24, 2.45) is 22.7 Å². The van der Waals surface area contributed by atoms with Crippen LogP contribution in [-0.4, -0.2) is 150 Å². The lowest BCUT2D eigenvalue weighted by Gasteiger charge is -2.33. The Morgan fingerprint density at radius 2 is 1.30 bits per heavy atom. The van der Waals surface area contributed by atoms with Crippen molar-refractivity contribution in [1.29, 1.82) is 0 Å². The van der Waals surface area contributed by atoms with Gasteiger partial charge in [0, 0.05) is 37.3 Å². The summed E-state index contributed by atoms with van der Waals surface area (Å²) in [5.74, 6) is -6.69. The summed E-state index contributed by atoms with van der Waals surface area (Å²) in [7, 11) is 0. The predicted octanol–water partition coefficient (Wildman–Crippen LogP) is 0.358. The third-order valence-electron chi connectivity index (χ3n) is 11.2. The number of ketones is 2. The van der Waals surface area contributed by atoms with E-state index in [1.165, 1.54) is 0 Å². The van der Waals surface area contributed by atoms with E-state index in [-0.39, 0.29) is 89.4 Å². The standard InChI is InChI=1S/C43H72N6O15/c1-40(2,26-41(3,4)39(61)62)38(60)45-23-27-9-11-28(12-10-27)36(57)49-30(37(58)59)13-15-32(52)48-29(14-16-34(54)55)35(56)43(7,8)46-18-20-63-21-22-64-25-31(51)42(5,6)47-24-33(53)44-17-19-50/h19,27-30,46-47H,9-18,20-26H2,1-8H3,(H,44,53)(H,45,60)(H,48,52)(H,49,57)(H,54,55)(H,58,59)(H,61,62). The number of hydrogen-bond donors (Lipinski definition) is 9. The lowest BCUT2D eigenvalue weighted by molar-refractivity contribution is -0.150. The molecule has 1 aliphatic carbocycles. The first-order valence-electron chi connectivity index (χ1n) is 21.6. The molecule has 9 N–H and O–H groups in total. The third kappa shape index (κ3) is 21.2. The van der Waals surface area contributed by atoms with Crippen molar-refractivity contribution in [2.75, 3.05) is 52.6 Å². The molecule has 1 fully saturated rings. The normalized spacial score (nSPS) is 16.7. The first-order valence-corrected chi connectivity index (χ1v) is 21.6. The van der Waals surface area contributed by atoms with E-state index in [4.69, 9.17) is 9.47 Å². The Morgan fingerprint density at radius 1 is 0.688 bits per heavy atom. The number of Topliss-reactive ketones (excluding diaryl/α,β-unsaturated/α-hetero) is 2. The van der Waals surface area contributed by atoms with Gasteiger partial charge in [0.15, 0.2) is 11.6 Å². The van der Waals surface area contributed by atoms with Gasteiger partial charge < -0.3 is 56.2 Å². The van der Waals surface area contributed by atoms with Gasteiger partial charge in [0.25, 0.3) is 0 Å². The number of nitrogens with one attached hydrogen (secondary N) is 6. The minimum absolute atomic E-state index is 0.0708. The number of carboxylic acid groups (broad SMARTS) is 3. The lowest BCUT2D eigenvalue weighted by atomic mass is 9.74. The molecule has 0 aromatic heterocycles. The number of carbonyl (C=O) groups is 10. The van der Waals surface area contributed by atoms with Crippen LogP contribution in [0.15, 0.2) is 0 Å². The molecule has 1 rings (SSSR count). The zero-order valence-electron chi connectivity index (χ0n) is 38.6. The Bertz CT molecular complexity index is 1640. The van der Waals surface area contributed by atoms with Crippen molar-refractivity contribution < 1.29 is 72.7 Å². The van der Waals surface area contributed by atoms with Crippen molar-refractivity contribution in [3.05, 3.63) is 0 Å². The first-order chi connectivity index (χ1) is 29.6. The van der Waals surface area contributed by atoms with Crippen LogP contribution in [-0.2, 0) is 57.4 Å². The molecule has 1 aliphatic rings. The van der Waals surface area contributed by atoms with Crippen LogP contribution in [0.2, 0.25) is 0 Å². The number of rotatable bonds is 33. The molecule has 0 radical (unpaired) electrons. The molecular weight excluding hydrogens is 840 g/mol. The van der Waals surface area contributed by atoms with Crippen LogP contribution in [0.5, 0.6) is 0 Å². The molecule has 0 spiro atoms. The highest BCUT2D eigenvalue weighted by molar-refractivity contribution is 5.95. The van der Waals surface area contributed by atoms with Gasteiger partial charge in [-0.25, -0.2) is 4.79 Å². The molecule has 0 aromatic carbocycles. The van der Waals surface area contributed by atoms with Gasteiger partial charge in [-0.1, -0.05) is 13.8 Å². The monoisotopic (exact) mass is 913 g/mol. The first kappa shape index (κ1) is 57.2. The Morgan fingerprint density at radius 3 is 1.88 bits per heavy atom. The van der Waals surface area contributed by atoms with E-state index >= 15 is 0 Å². The van der Waals surface area contributed by atoms with Crippen LogP contribution < -0.4 is 31.9 Å². The Labute approximate surface area is 375 Å². The molecule has 0 aliphatic heterocycles. The van der Waals surface area contributed by atoms with Gasteiger partial charge in [-0.15, -0.1) is 0 Å². The smallest absolute Gasteiger partial charge is 0.326 e. The van der Waals surface area contributed by atoms with Gasteiger partial charge in [-0.3, -0.25) is 43.7 Å². The second-order valence-corrected chi connectivity index (χ2v) is 18.6. The molecular formula is C43H72N6O15. The van der Waals surface area contributed by atoms with E-state index < -0.39 is 87.7 Å². The molecule has 2 atom stereocenters. The summed E-state index contributed by atoms with van der Waals surface area (Å²) in [4.78, 5) is 122. The molecule has 0 heterocycles. The fourth-order valence-corrected chi connectivity index (χ4v) is 7.13. The van der Waals surface area contributed by atoms with Gasteiger partial charge in [-0.2, -0.15) is 0 Å². The maximum atomic E-state index is 13.6. The number of aliphatic carboxylic acids is 3. The summed E-state index contributed by atoms with van der Waals surface area (Å²) in [6.07, 6.45) is 1.41. The highest BCUT2D eigenvalue weighted by atomic mass is 16.5. The number of ether oxygens (including phenoxy) is 2. The van der Waals surface area contributed by atoms with Crippen molar-refractivity contribution in [2.45, 2.75) is 136 Å². The van der Waals surface area contributed by atoms with Gasteiger partial charge >= 0.3 is 17.9 Å². The van der Waals surface area contributed by atoms with Crippen molar-refractivity contribution in [3.63, 3.8) is 0 Å². The highest BCUT2D eigenvalue weighted by Crippen LogP contribution is 2.35. The van der Waals surface area contributed by atoms with Crippen molar-refractivity contribution >= 4 is 59.4 Å². The van der Waals surface area contributed by atoms with E-state index in [1.807, 2.05) is 0 Å². The summed E-state index contributed by atoms with van der Waals surface area (Å²) in [5, 5.41) is 44.8. The second-order valence-electron chi connectivity index (χ2n) is 18.6. The van der Waals surface area contributed by atoms with Crippen molar-refractivity contribution in [1.82, 2.24) is 31.9 Å². The molecule has 64 heavy (non-hydrogen) atoms. The Hall–Kier alpha value is -4.86. The lowest BCUT2D eigenvalue weighted by Crippen LogP contribution is -2.56. The van der Waals surface area contributed by atoms with Crippen molar-refractivity contribution in [3.8, 4) is 0 Å². The molecule has 4 amide bonds. The van der Waals surface area contributed by atoms with Crippen LogP contribution in [0.4, 0.5) is 0 Å².